The lowest BCUT2D eigenvalue weighted by Crippen LogP contribution is -2.01. The molecule has 5 nitrogen and oxygen atoms in total. The second kappa shape index (κ2) is 5.03. The highest BCUT2D eigenvalue weighted by molar-refractivity contribution is 9.10. The van der Waals surface area contributed by atoms with Crippen LogP contribution in [0.5, 0.6) is 11.6 Å². The van der Waals surface area contributed by atoms with Gasteiger partial charge in [0.25, 0.3) is 0 Å². The molecule has 2 heterocycles. The van der Waals surface area contributed by atoms with Crippen molar-refractivity contribution in [1.82, 2.24) is 9.97 Å². The fourth-order valence-corrected chi connectivity index (χ4v) is 2.38. The van der Waals surface area contributed by atoms with Gasteiger partial charge in [-0.15, -0.1) is 0 Å². The number of rotatable bonds is 3. The average molecular weight is 329 g/mol. The molecule has 2 aromatic heterocycles. The molecule has 0 amide bonds. The van der Waals surface area contributed by atoms with E-state index in [0.717, 1.165) is 10.7 Å². The van der Waals surface area contributed by atoms with Gasteiger partial charge in [-0.3, -0.25) is 4.98 Å². The maximum Gasteiger partial charge on any atom is 0.238 e. The first-order valence-electron chi connectivity index (χ1n) is 4.90. The molecule has 0 aliphatic carbocycles. The first kappa shape index (κ1) is 13.0. The number of hydrogen-bond donors (Lipinski definition) is 0. The number of sulfone groups is 1. The summed E-state index contributed by atoms with van der Waals surface area (Å²) in [6.45, 7) is 0. The van der Waals surface area contributed by atoms with E-state index in [1.54, 1.807) is 18.3 Å². The summed E-state index contributed by atoms with van der Waals surface area (Å²) in [7, 11) is -3.38. The average Bonchev–Trinajstić information content (AvgIpc) is 2.28. The summed E-state index contributed by atoms with van der Waals surface area (Å²) >= 11 is 3.25. The highest BCUT2D eigenvalue weighted by atomic mass is 79.9. The van der Waals surface area contributed by atoms with E-state index in [4.69, 9.17) is 4.74 Å². The Morgan fingerprint density at radius 1 is 1.33 bits per heavy atom. The van der Waals surface area contributed by atoms with Crippen LogP contribution in [0.15, 0.2) is 46.2 Å². The van der Waals surface area contributed by atoms with E-state index >= 15 is 0 Å². The van der Waals surface area contributed by atoms with Gasteiger partial charge < -0.3 is 4.74 Å². The molecule has 0 atom stereocenters. The first-order chi connectivity index (χ1) is 8.47. The molecule has 2 aromatic rings. The normalized spacial score (nSPS) is 11.2. The van der Waals surface area contributed by atoms with Crippen molar-refractivity contribution in [3.05, 3.63) is 41.3 Å². The third-order valence-corrected chi connectivity index (χ3v) is 3.57. The molecule has 7 heteroatoms. The molecule has 94 valence electrons. The summed E-state index contributed by atoms with van der Waals surface area (Å²) in [5.41, 5.74) is 0. The van der Waals surface area contributed by atoms with Crippen molar-refractivity contribution >= 4 is 25.8 Å². The van der Waals surface area contributed by atoms with Gasteiger partial charge in [-0.2, -0.15) is 0 Å². The molecule has 0 radical (unpaired) electrons. The molecule has 0 N–H and O–H groups in total. The second-order valence-corrected chi connectivity index (χ2v) is 6.42. The van der Waals surface area contributed by atoms with Gasteiger partial charge in [0.15, 0.2) is 9.84 Å². The minimum absolute atomic E-state index is 0.0416. The van der Waals surface area contributed by atoms with Crippen molar-refractivity contribution in [3.63, 3.8) is 0 Å². The van der Waals surface area contributed by atoms with Gasteiger partial charge in [-0.25, -0.2) is 13.4 Å². The van der Waals surface area contributed by atoms with Crippen LogP contribution in [-0.2, 0) is 9.84 Å². The predicted molar refractivity (Wildman–Crippen MR) is 69.4 cm³/mol. The van der Waals surface area contributed by atoms with E-state index in [0.29, 0.717) is 5.75 Å². The minimum Gasteiger partial charge on any atom is -0.436 e. The summed E-state index contributed by atoms with van der Waals surface area (Å²) in [5.74, 6) is 0.452. The van der Waals surface area contributed by atoms with Gasteiger partial charge in [-0.05, 0) is 34.1 Å². The van der Waals surface area contributed by atoms with Gasteiger partial charge >= 0.3 is 0 Å². The van der Waals surface area contributed by atoms with Gasteiger partial charge in [-0.1, -0.05) is 0 Å². The number of halogens is 1. The van der Waals surface area contributed by atoms with Crippen molar-refractivity contribution in [2.24, 2.45) is 0 Å². The SMILES string of the molecule is CS(=O)(=O)c1cccnc1Oc1cncc(Br)c1. The Balaban J connectivity index is 2.41. The van der Waals surface area contributed by atoms with E-state index in [1.165, 1.54) is 18.5 Å². The molecule has 0 aromatic carbocycles. The number of aromatic nitrogens is 2. The Labute approximate surface area is 113 Å². The molecule has 2 rings (SSSR count). The van der Waals surface area contributed by atoms with E-state index in [1.807, 2.05) is 0 Å². The molecule has 0 saturated heterocycles. The smallest absolute Gasteiger partial charge is 0.238 e. The minimum atomic E-state index is -3.38. The van der Waals surface area contributed by atoms with Crippen LogP contribution in [0.4, 0.5) is 0 Å². The van der Waals surface area contributed by atoms with E-state index in [9.17, 15) is 8.42 Å². The fourth-order valence-electron chi connectivity index (χ4n) is 1.29. The fraction of sp³-hybridized carbons (Fsp3) is 0.0909. The Hall–Kier alpha value is -1.47. The maximum absolute atomic E-state index is 11.6. The van der Waals surface area contributed by atoms with Crippen molar-refractivity contribution in [2.45, 2.75) is 4.90 Å². The van der Waals surface area contributed by atoms with Crippen LogP contribution < -0.4 is 4.74 Å². The van der Waals surface area contributed by atoms with Crippen molar-refractivity contribution in [2.75, 3.05) is 6.26 Å². The second-order valence-electron chi connectivity index (χ2n) is 3.52. The number of nitrogens with zero attached hydrogens (tertiary/aromatic N) is 2. The van der Waals surface area contributed by atoms with Gasteiger partial charge in [0.05, 0.1) is 6.20 Å². The zero-order chi connectivity index (χ0) is 13.2. The summed E-state index contributed by atoms with van der Waals surface area (Å²) < 4.78 is 29.3. The summed E-state index contributed by atoms with van der Waals surface area (Å²) in [4.78, 5) is 7.90. The van der Waals surface area contributed by atoms with Crippen LogP contribution >= 0.6 is 15.9 Å². The lowest BCUT2D eigenvalue weighted by molar-refractivity contribution is 0.445. The van der Waals surface area contributed by atoms with Crippen molar-refractivity contribution in [1.29, 1.82) is 0 Å². The van der Waals surface area contributed by atoms with Crippen LogP contribution in [-0.4, -0.2) is 24.6 Å². The lowest BCUT2D eigenvalue weighted by atomic mass is 10.4. The molecular formula is C11H9BrN2O3S. The third kappa shape index (κ3) is 3.05. The Morgan fingerprint density at radius 2 is 2.11 bits per heavy atom. The van der Waals surface area contributed by atoms with Crippen molar-refractivity contribution < 1.29 is 13.2 Å². The van der Waals surface area contributed by atoms with Crippen LogP contribution in [0, 0.1) is 0 Å². The summed E-state index contributed by atoms with van der Waals surface area (Å²) in [5, 5.41) is 0. The van der Waals surface area contributed by atoms with Gasteiger partial charge in [0.1, 0.15) is 10.6 Å². The zero-order valence-electron chi connectivity index (χ0n) is 9.37. The van der Waals surface area contributed by atoms with Gasteiger partial charge in [0.2, 0.25) is 5.88 Å². The molecule has 0 fully saturated rings. The molecule has 0 aliphatic heterocycles. The molecule has 0 saturated carbocycles. The topological polar surface area (TPSA) is 69.2 Å². The van der Waals surface area contributed by atoms with E-state index < -0.39 is 9.84 Å². The molecule has 0 bridgehead atoms. The van der Waals surface area contributed by atoms with E-state index in [2.05, 4.69) is 25.9 Å². The summed E-state index contributed by atoms with van der Waals surface area (Å²) in [6, 6.07) is 4.67. The zero-order valence-corrected chi connectivity index (χ0v) is 11.8. The van der Waals surface area contributed by atoms with Crippen LogP contribution in [0.1, 0.15) is 0 Å². The largest absolute Gasteiger partial charge is 0.436 e. The first-order valence-corrected chi connectivity index (χ1v) is 7.59. The predicted octanol–water partition coefficient (Wildman–Crippen LogP) is 2.43. The summed E-state index contributed by atoms with van der Waals surface area (Å²) in [6.07, 6.45) is 5.65. The molecule has 0 aliphatic rings. The van der Waals surface area contributed by atoms with Crippen molar-refractivity contribution in [3.8, 4) is 11.6 Å². The maximum atomic E-state index is 11.6. The third-order valence-electron chi connectivity index (χ3n) is 2.03. The Bertz CT molecular complexity index is 673. The molecule has 0 unspecified atom stereocenters. The highest BCUT2D eigenvalue weighted by Gasteiger charge is 2.15. The van der Waals surface area contributed by atoms with Crippen LogP contribution in [0.3, 0.4) is 0 Å². The molecule has 0 spiro atoms. The van der Waals surface area contributed by atoms with Gasteiger partial charge in [0, 0.05) is 23.1 Å². The highest BCUT2D eigenvalue weighted by Crippen LogP contribution is 2.27. The molecular weight excluding hydrogens is 320 g/mol. The van der Waals surface area contributed by atoms with Crippen LogP contribution in [0.25, 0.3) is 0 Å². The Morgan fingerprint density at radius 3 is 2.78 bits per heavy atom. The number of pyridine rings is 2. The number of hydrogen-bond acceptors (Lipinski definition) is 5. The quantitative estimate of drug-likeness (QED) is 0.865. The molecule has 18 heavy (non-hydrogen) atoms. The van der Waals surface area contributed by atoms with Crippen LogP contribution in [0.2, 0.25) is 0 Å². The standard InChI is InChI=1S/C11H9BrN2O3S/c1-18(15,16)10-3-2-4-14-11(10)17-9-5-8(12)6-13-7-9/h2-7H,1H3. The monoisotopic (exact) mass is 328 g/mol. The lowest BCUT2D eigenvalue weighted by Gasteiger charge is -2.08. The van der Waals surface area contributed by atoms with E-state index in [-0.39, 0.29) is 10.8 Å². The Kier molecular flexibility index (Phi) is 3.63. The number of ether oxygens (including phenoxy) is 1.